The van der Waals surface area contributed by atoms with Gasteiger partial charge in [0.25, 0.3) is 0 Å². The van der Waals surface area contributed by atoms with Crippen LogP contribution in [0.1, 0.15) is 75.3 Å². The Balaban J connectivity index is 1.30. The van der Waals surface area contributed by atoms with E-state index in [9.17, 15) is 0 Å². The second kappa shape index (κ2) is 7.76. The van der Waals surface area contributed by atoms with E-state index >= 15 is 0 Å². The average molecular weight is 519 g/mol. The van der Waals surface area contributed by atoms with Gasteiger partial charge in [0.15, 0.2) is 0 Å². The van der Waals surface area contributed by atoms with Crippen molar-refractivity contribution in [2.45, 2.75) is 58.3 Å². The van der Waals surface area contributed by atoms with Gasteiger partial charge in [0.1, 0.15) is 11.2 Å². The van der Waals surface area contributed by atoms with Gasteiger partial charge in [0.2, 0.25) is 0 Å². The Bertz CT molecular complexity index is 2030. The second-order valence-corrected chi connectivity index (χ2v) is 13.2. The summed E-state index contributed by atoms with van der Waals surface area (Å²) in [5, 5.41) is 2.35. The van der Waals surface area contributed by atoms with Crippen molar-refractivity contribution in [2.24, 2.45) is 0 Å². The first-order chi connectivity index (χ1) is 19.2. The van der Waals surface area contributed by atoms with Crippen molar-refractivity contribution >= 4 is 21.9 Å². The number of rotatable bonds is 2. The molecule has 0 saturated heterocycles. The lowest BCUT2D eigenvalue weighted by atomic mass is 9.79. The van der Waals surface area contributed by atoms with Crippen LogP contribution in [0.25, 0.3) is 55.3 Å². The van der Waals surface area contributed by atoms with Crippen LogP contribution in [0.4, 0.5) is 0 Å². The number of benzene rings is 5. The summed E-state index contributed by atoms with van der Waals surface area (Å²) in [7, 11) is 0. The number of para-hydroxylation sites is 2. The summed E-state index contributed by atoms with van der Waals surface area (Å²) in [6, 6.07) is 34.1. The van der Waals surface area contributed by atoms with Crippen molar-refractivity contribution in [1.29, 1.82) is 0 Å². The first-order valence-corrected chi connectivity index (χ1v) is 14.6. The molecule has 0 spiro atoms. The zero-order chi connectivity index (χ0) is 27.6. The summed E-state index contributed by atoms with van der Waals surface area (Å²) in [4.78, 5) is 0. The molecule has 1 nitrogen and oxygen atoms in total. The van der Waals surface area contributed by atoms with Gasteiger partial charge < -0.3 is 4.42 Å². The van der Waals surface area contributed by atoms with Crippen LogP contribution < -0.4 is 0 Å². The van der Waals surface area contributed by atoms with E-state index in [0.717, 1.165) is 16.7 Å². The normalized spacial score (nSPS) is 15.9. The highest BCUT2D eigenvalue weighted by Crippen LogP contribution is 2.56. The first kappa shape index (κ1) is 23.8. The Morgan fingerprint density at radius 2 is 1.12 bits per heavy atom. The zero-order valence-electron chi connectivity index (χ0n) is 24.1. The molecule has 2 aliphatic carbocycles. The molecule has 1 heteroatoms. The summed E-state index contributed by atoms with van der Waals surface area (Å²) < 4.78 is 6.40. The van der Waals surface area contributed by atoms with Crippen molar-refractivity contribution in [2.75, 3.05) is 0 Å². The van der Waals surface area contributed by atoms with E-state index in [1.54, 1.807) is 0 Å². The fourth-order valence-corrected chi connectivity index (χ4v) is 7.48. The molecule has 40 heavy (non-hydrogen) atoms. The molecule has 8 rings (SSSR count). The van der Waals surface area contributed by atoms with Crippen LogP contribution in [-0.4, -0.2) is 0 Å². The standard InChI is InChI=1S/C39H34O/c1-22(2)23-14-16-26-30-20-35-31(21-34(30)38(3,4)32(26)18-23)27-17-15-24(19-33(27)39(35,5)6)25-11-9-12-29-28-10-7-8-13-36(28)40-37(25)29/h7-22H,1-6H3. The van der Waals surface area contributed by atoms with Gasteiger partial charge in [-0.3, -0.25) is 0 Å². The first-order valence-electron chi connectivity index (χ1n) is 14.6. The lowest BCUT2D eigenvalue weighted by Gasteiger charge is -2.24. The molecule has 0 fully saturated rings. The maximum Gasteiger partial charge on any atom is 0.143 e. The SMILES string of the molecule is CC(C)c1ccc2c(c1)C(C)(C)c1cc3c(cc1-2)C(C)(C)c1cc(-c2cccc4c2oc2ccccc24)ccc1-3. The van der Waals surface area contributed by atoms with Gasteiger partial charge in [0, 0.05) is 27.2 Å². The number of furan rings is 1. The van der Waals surface area contributed by atoms with E-state index in [2.05, 4.69) is 126 Å². The predicted molar refractivity (Wildman–Crippen MR) is 168 cm³/mol. The smallest absolute Gasteiger partial charge is 0.143 e. The lowest BCUT2D eigenvalue weighted by molar-refractivity contribution is 0.651. The van der Waals surface area contributed by atoms with E-state index in [0.29, 0.717) is 5.92 Å². The van der Waals surface area contributed by atoms with Crippen molar-refractivity contribution in [1.82, 2.24) is 0 Å². The minimum atomic E-state index is -0.0950. The van der Waals surface area contributed by atoms with Crippen molar-refractivity contribution in [3.05, 3.63) is 119 Å². The molecule has 1 heterocycles. The minimum absolute atomic E-state index is 0.0195. The van der Waals surface area contributed by atoms with Gasteiger partial charge in [-0.1, -0.05) is 108 Å². The molecule has 0 saturated carbocycles. The highest BCUT2D eigenvalue weighted by atomic mass is 16.3. The maximum absolute atomic E-state index is 6.40. The van der Waals surface area contributed by atoms with Crippen LogP contribution in [-0.2, 0) is 10.8 Å². The fraction of sp³-hybridized carbons (Fsp3) is 0.231. The van der Waals surface area contributed by atoms with E-state index in [1.807, 2.05) is 6.07 Å². The highest BCUT2D eigenvalue weighted by molar-refractivity contribution is 6.09. The van der Waals surface area contributed by atoms with E-state index < -0.39 is 0 Å². The number of hydrogen-bond acceptors (Lipinski definition) is 1. The van der Waals surface area contributed by atoms with Gasteiger partial charge in [-0.25, -0.2) is 0 Å². The monoisotopic (exact) mass is 518 g/mol. The van der Waals surface area contributed by atoms with Crippen LogP contribution in [0.3, 0.4) is 0 Å². The zero-order valence-corrected chi connectivity index (χ0v) is 24.1. The van der Waals surface area contributed by atoms with Crippen LogP contribution in [0.2, 0.25) is 0 Å². The van der Waals surface area contributed by atoms with Crippen LogP contribution in [0, 0.1) is 0 Å². The fourth-order valence-electron chi connectivity index (χ4n) is 7.48. The Morgan fingerprint density at radius 3 is 1.82 bits per heavy atom. The van der Waals surface area contributed by atoms with Gasteiger partial charge in [0.05, 0.1) is 0 Å². The molecular weight excluding hydrogens is 484 g/mol. The molecule has 0 radical (unpaired) electrons. The molecule has 0 atom stereocenters. The van der Waals surface area contributed by atoms with Crippen LogP contribution >= 0.6 is 0 Å². The molecule has 0 amide bonds. The molecule has 2 aliphatic rings. The topological polar surface area (TPSA) is 13.1 Å². The Kier molecular flexibility index (Phi) is 4.61. The molecule has 5 aromatic carbocycles. The molecule has 196 valence electrons. The quantitative estimate of drug-likeness (QED) is 0.222. The molecule has 1 aromatic heterocycles. The number of fused-ring (bicyclic) bond motifs is 9. The molecule has 0 N–H and O–H groups in total. The van der Waals surface area contributed by atoms with Gasteiger partial charge in [-0.05, 0) is 85.8 Å². The summed E-state index contributed by atoms with van der Waals surface area (Å²) in [5.41, 5.74) is 16.9. The second-order valence-electron chi connectivity index (χ2n) is 13.2. The largest absolute Gasteiger partial charge is 0.455 e. The molecule has 6 aromatic rings. The van der Waals surface area contributed by atoms with Crippen molar-refractivity contribution in [3.63, 3.8) is 0 Å². The molecule has 0 unspecified atom stereocenters. The van der Waals surface area contributed by atoms with E-state index in [1.165, 1.54) is 66.4 Å². The minimum Gasteiger partial charge on any atom is -0.455 e. The summed E-state index contributed by atoms with van der Waals surface area (Å²) in [6.45, 7) is 14.1. The van der Waals surface area contributed by atoms with E-state index in [4.69, 9.17) is 4.42 Å². The molecule has 0 bridgehead atoms. The molecular formula is C39H34O. The van der Waals surface area contributed by atoms with Gasteiger partial charge in [-0.15, -0.1) is 0 Å². The maximum atomic E-state index is 6.40. The predicted octanol–water partition coefficient (Wildman–Crippen LogP) is 11.0. The third kappa shape index (κ3) is 2.98. The molecule has 0 aliphatic heterocycles. The highest BCUT2D eigenvalue weighted by Gasteiger charge is 2.41. The Labute approximate surface area is 236 Å². The lowest BCUT2D eigenvalue weighted by Crippen LogP contribution is -2.17. The van der Waals surface area contributed by atoms with Crippen LogP contribution in [0.15, 0.2) is 95.4 Å². The third-order valence-electron chi connectivity index (χ3n) is 9.88. The van der Waals surface area contributed by atoms with Crippen molar-refractivity contribution < 1.29 is 4.42 Å². The van der Waals surface area contributed by atoms with Crippen LogP contribution in [0.5, 0.6) is 0 Å². The average Bonchev–Trinajstić information content (AvgIpc) is 3.51. The summed E-state index contributed by atoms with van der Waals surface area (Å²) in [6.07, 6.45) is 0. The van der Waals surface area contributed by atoms with Gasteiger partial charge >= 0.3 is 0 Å². The Morgan fingerprint density at radius 1 is 0.525 bits per heavy atom. The summed E-state index contributed by atoms with van der Waals surface area (Å²) >= 11 is 0. The summed E-state index contributed by atoms with van der Waals surface area (Å²) in [5.74, 6) is 0.528. The van der Waals surface area contributed by atoms with E-state index in [-0.39, 0.29) is 10.8 Å². The third-order valence-corrected chi connectivity index (χ3v) is 9.88. The number of hydrogen-bond donors (Lipinski definition) is 0. The van der Waals surface area contributed by atoms with Crippen molar-refractivity contribution in [3.8, 4) is 33.4 Å². The van der Waals surface area contributed by atoms with Gasteiger partial charge in [-0.2, -0.15) is 0 Å². The Hall–Kier alpha value is -4.10.